The zero-order valence-corrected chi connectivity index (χ0v) is 9.28. The fourth-order valence-electron chi connectivity index (χ4n) is 1.34. The minimum atomic E-state index is 0.797. The zero-order chi connectivity index (χ0) is 9.68. The third-order valence-corrected chi connectivity index (χ3v) is 3.19. The van der Waals surface area contributed by atoms with E-state index in [1.165, 1.54) is 22.0 Å². The molecule has 2 N–H and O–H groups in total. The van der Waals surface area contributed by atoms with Crippen LogP contribution >= 0.6 is 11.3 Å². The highest BCUT2D eigenvalue weighted by atomic mass is 32.1. The van der Waals surface area contributed by atoms with Gasteiger partial charge in [-0.15, -0.1) is 11.3 Å². The molecule has 0 aliphatic heterocycles. The lowest BCUT2D eigenvalue weighted by atomic mass is 10.2. The fourth-order valence-corrected chi connectivity index (χ4v) is 2.41. The van der Waals surface area contributed by atoms with Gasteiger partial charge in [0.05, 0.1) is 10.7 Å². The third kappa shape index (κ3) is 3.08. The fraction of sp³-hybridized carbons (Fsp3) is 0.700. The first-order valence-corrected chi connectivity index (χ1v) is 5.74. The van der Waals surface area contributed by atoms with Crippen LogP contribution in [0.2, 0.25) is 0 Å². The standard InChI is InChI=1S/C10H18N2S/c1-3-9-8(2)13-10(12-9)6-4-5-7-11/h3-7,11H2,1-2H3. The van der Waals surface area contributed by atoms with E-state index >= 15 is 0 Å². The molecule has 0 amide bonds. The van der Waals surface area contributed by atoms with E-state index in [9.17, 15) is 0 Å². The molecule has 13 heavy (non-hydrogen) atoms. The van der Waals surface area contributed by atoms with Crippen molar-refractivity contribution in [3.8, 4) is 0 Å². The lowest BCUT2D eigenvalue weighted by molar-refractivity contribution is 0.739. The van der Waals surface area contributed by atoms with Gasteiger partial charge in [0.25, 0.3) is 0 Å². The summed E-state index contributed by atoms with van der Waals surface area (Å²) in [5, 5.41) is 1.28. The van der Waals surface area contributed by atoms with Gasteiger partial charge in [0.15, 0.2) is 0 Å². The number of aryl methyl sites for hydroxylation is 3. The predicted molar refractivity (Wildman–Crippen MR) is 58.2 cm³/mol. The Hall–Kier alpha value is -0.410. The molecule has 0 aromatic carbocycles. The summed E-state index contributed by atoms with van der Waals surface area (Å²) in [7, 11) is 0. The topological polar surface area (TPSA) is 38.9 Å². The lowest BCUT2D eigenvalue weighted by Crippen LogP contribution is -1.98. The third-order valence-electron chi connectivity index (χ3n) is 2.12. The molecule has 0 bridgehead atoms. The molecule has 3 heteroatoms. The molecule has 0 spiro atoms. The van der Waals surface area contributed by atoms with Gasteiger partial charge in [0, 0.05) is 4.88 Å². The Morgan fingerprint density at radius 1 is 1.38 bits per heavy atom. The molecule has 0 saturated carbocycles. The van der Waals surface area contributed by atoms with E-state index < -0.39 is 0 Å². The van der Waals surface area contributed by atoms with Crippen LogP contribution in [0.5, 0.6) is 0 Å². The van der Waals surface area contributed by atoms with Crippen LogP contribution in [0.4, 0.5) is 0 Å². The molecule has 74 valence electrons. The van der Waals surface area contributed by atoms with E-state index in [2.05, 4.69) is 18.8 Å². The zero-order valence-electron chi connectivity index (χ0n) is 8.47. The number of unbranched alkanes of at least 4 members (excludes halogenated alkanes) is 1. The summed E-state index contributed by atoms with van der Waals surface area (Å²) in [6.07, 6.45) is 4.44. The van der Waals surface area contributed by atoms with E-state index in [1.807, 2.05) is 11.3 Å². The largest absolute Gasteiger partial charge is 0.330 e. The number of thiazole rings is 1. The highest BCUT2D eigenvalue weighted by molar-refractivity contribution is 7.11. The van der Waals surface area contributed by atoms with Crippen LogP contribution in [0.15, 0.2) is 0 Å². The van der Waals surface area contributed by atoms with E-state index in [1.54, 1.807) is 0 Å². The normalized spacial score (nSPS) is 10.7. The van der Waals surface area contributed by atoms with Crippen LogP contribution in [-0.2, 0) is 12.8 Å². The Morgan fingerprint density at radius 2 is 2.15 bits per heavy atom. The average molecular weight is 198 g/mol. The monoisotopic (exact) mass is 198 g/mol. The van der Waals surface area contributed by atoms with Gasteiger partial charge in [-0.3, -0.25) is 0 Å². The lowest BCUT2D eigenvalue weighted by Gasteiger charge is -1.93. The van der Waals surface area contributed by atoms with Crippen LogP contribution in [0.3, 0.4) is 0 Å². The average Bonchev–Trinajstić information content (AvgIpc) is 2.47. The Balaban J connectivity index is 2.48. The molecule has 0 radical (unpaired) electrons. The maximum Gasteiger partial charge on any atom is 0.0931 e. The van der Waals surface area contributed by atoms with Crippen molar-refractivity contribution < 1.29 is 0 Å². The Morgan fingerprint density at radius 3 is 2.69 bits per heavy atom. The molecule has 1 aromatic rings. The second-order valence-electron chi connectivity index (χ2n) is 3.21. The molecule has 2 nitrogen and oxygen atoms in total. The van der Waals surface area contributed by atoms with E-state index in [4.69, 9.17) is 5.73 Å². The molecule has 0 aliphatic rings. The molecule has 1 rings (SSSR count). The second-order valence-corrected chi connectivity index (χ2v) is 4.50. The maximum atomic E-state index is 5.44. The smallest absolute Gasteiger partial charge is 0.0931 e. The Bertz CT molecular complexity index is 255. The van der Waals surface area contributed by atoms with Crippen LogP contribution < -0.4 is 5.73 Å². The van der Waals surface area contributed by atoms with Crippen LogP contribution in [0, 0.1) is 6.92 Å². The van der Waals surface area contributed by atoms with Gasteiger partial charge in [-0.25, -0.2) is 4.98 Å². The van der Waals surface area contributed by atoms with Gasteiger partial charge in [0.2, 0.25) is 0 Å². The predicted octanol–water partition coefficient (Wildman–Crippen LogP) is 2.30. The number of hydrogen-bond donors (Lipinski definition) is 1. The minimum Gasteiger partial charge on any atom is -0.330 e. The van der Waals surface area contributed by atoms with Crippen LogP contribution in [0.25, 0.3) is 0 Å². The van der Waals surface area contributed by atoms with Crippen molar-refractivity contribution in [2.45, 2.75) is 39.5 Å². The first-order chi connectivity index (χ1) is 6.27. The molecule has 1 heterocycles. The number of nitrogens with two attached hydrogens (primary N) is 1. The molecular formula is C10H18N2S. The van der Waals surface area contributed by atoms with Crippen molar-refractivity contribution in [3.05, 3.63) is 15.6 Å². The summed E-state index contributed by atoms with van der Waals surface area (Å²) in [5.74, 6) is 0. The number of rotatable bonds is 5. The highest BCUT2D eigenvalue weighted by Gasteiger charge is 2.04. The van der Waals surface area contributed by atoms with Gasteiger partial charge >= 0.3 is 0 Å². The van der Waals surface area contributed by atoms with Gasteiger partial charge < -0.3 is 5.73 Å². The summed E-state index contributed by atoms with van der Waals surface area (Å²) in [5.41, 5.74) is 6.71. The summed E-state index contributed by atoms with van der Waals surface area (Å²) in [6.45, 7) is 5.11. The first kappa shape index (κ1) is 10.7. The van der Waals surface area contributed by atoms with Gasteiger partial charge in [-0.2, -0.15) is 0 Å². The molecule has 1 aromatic heterocycles. The number of hydrogen-bond acceptors (Lipinski definition) is 3. The van der Waals surface area contributed by atoms with Gasteiger partial charge in [-0.1, -0.05) is 6.92 Å². The van der Waals surface area contributed by atoms with Crippen LogP contribution in [-0.4, -0.2) is 11.5 Å². The van der Waals surface area contributed by atoms with Crippen molar-refractivity contribution in [1.29, 1.82) is 0 Å². The quantitative estimate of drug-likeness (QED) is 0.737. The minimum absolute atomic E-state index is 0.797. The molecule has 0 aliphatic carbocycles. The summed E-state index contributed by atoms with van der Waals surface area (Å²) >= 11 is 1.84. The van der Waals surface area contributed by atoms with E-state index in [0.29, 0.717) is 0 Å². The van der Waals surface area contributed by atoms with E-state index in [-0.39, 0.29) is 0 Å². The molecule has 0 saturated heterocycles. The summed E-state index contributed by atoms with van der Waals surface area (Å²) in [6, 6.07) is 0. The maximum absolute atomic E-state index is 5.44. The highest BCUT2D eigenvalue weighted by Crippen LogP contribution is 2.19. The van der Waals surface area contributed by atoms with E-state index in [0.717, 1.165) is 25.8 Å². The Labute approximate surface area is 84.2 Å². The summed E-state index contributed by atoms with van der Waals surface area (Å²) < 4.78 is 0. The van der Waals surface area contributed by atoms with Crippen molar-refractivity contribution in [1.82, 2.24) is 4.98 Å². The Kier molecular flexibility index (Phi) is 4.39. The first-order valence-electron chi connectivity index (χ1n) is 4.93. The van der Waals surface area contributed by atoms with Crippen molar-refractivity contribution >= 4 is 11.3 Å². The van der Waals surface area contributed by atoms with Crippen molar-refractivity contribution in [2.24, 2.45) is 5.73 Å². The molecule has 0 fully saturated rings. The van der Waals surface area contributed by atoms with Crippen molar-refractivity contribution in [2.75, 3.05) is 6.54 Å². The molecule has 0 unspecified atom stereocenters. The molecule has 0 atom stereocenters. The number of aromatic nitrogens is 1. The van der Waals surface area contributed by atoms with Crippen molar-refractivity contribution in [3.63, 3.8) is 0 Å². The summed E-state index contributed by atoms with van der Waals surface area (Å²) in [4.78, 5) is 5.96. The van der Waals surface area contributed by atoms with Gasteiger partial charge in [0.1, 0.15) is 0 Å². The number of nitrogens with zero attached hydrogens (tertiary/aromatic N) is 1. The van der Waals surface area contributed by atoms with Crippen LogP contribution in [0.1, 0.15) is 35.3 Å². The van der Waals surface area contributed by atoms with Gasteiger partial charge in [-0.05, 0) is 39.2 Å². The SMILES string of the molecule is CCc1nc(CCCCN)sc1C. The molecular weight excluding hydrogens is 180 g/mol. The second kappa shape index (κ2) is 5.35.